The number of rotatable bonds is 5. The fourth-order valence-corrected chi connectivity index (χ4v) is 4.45. The summed E-state index contributed by atoms with van der Waals surface area (Å²) in [5.74, 6) is 2.17. The summed E-state index contributed by atoms with van der Waals surface area (Å²) in [6.45, 7) is 3.06. The highest BCUT2D eigenvalue weighted by molar-refractivity contribution is 5.79. The Balaban J connectivity index is 1.44. The molecule has 24 heavy (non-hydrogen) atoms. The van der Waals surface area contributed by atoms with E-state index in [0.717, 1.165) is 38.4 Å². The highest BCUT2D eigenvalue weighted by atomic mass is 16.2. The van der Waals surface area contributed by atoms with Crippen LogP contribution in [0.1, 0.15) is 56.4 Å². The number of hydrogen-bond donors (Lipinski definition) is 1. The number of likely N-dealkylation sites (tertiary alicyclic amines) is 1. The molecule has 3 heteroatoms. The number of nitrogens with one attached hydrogen (secondary N) is 1. The largest absolute Gasteiger partial charge is 0.342 e. The van der Waals surface area contributed by atoms with Crippen molar-refractivity contribution in [2.45, 2.75) is 50.9 Å². The zero-order valence-electron chi connectivity index (χ0n) is 15.0. The molecule has 1 saturated carbocycles. The summed E-state index contributed by atoms with van der Waals surface area (Å²) < 4.78 is 0. The number of carbonyl (C=O) groups is 1. The molecule has 0 radical (unpaired) electrons. The molecule has 0 unspecified atom stereocenters. The average molecular weight is 329 g/mol. The molecule has 3 nitrogen and oxygen atoms in total. The third-order valence-corrected chi connectivity index (χ3v) is 6.08. The first-order valence-electron chi connectivity index (χ1n) is 9.76. The summed E-state index contributed by atoms with van der Waals surface area (Å²) in [5, 5.41) is 3.24. The molecule has 2 aliphatic rings. The lowest BCUT2D eigenvalue weighted by atomic mass is 9.78. The van der Waals surface area contributed by atoms with Crippen molar-refractivity contribution in [3.05, 3.63) is 35.9 Å². The topological polar surface area (TPSA) is 32.3 Å². The second kappa shape index (κ2) is 8.66. The summed E-state index contributed by atoms with van der Waals surface area (Å²) in [7, 11) is 2.02. The molecule has 1 aromatic rings. The van der Waals surface area contributed by atoms with Crippen LogP contribution in [0.4, 0.5) is 0 Å². The summed E-state index contributed by atoms with van der Waals surface area (Å²) in [5.41, 5.74) is 1.45. The molecule has 1 amide bonds. The van der Waals surface area contributed by atoms with E-state index >= 15 is 0 Å². The Morgan fingerprint density at radius 3 is 2.33 bits per heavy atom. The molecule has 1 aromatic carbocycles. The predicted molar refractivity (Wildman–Crippen MR) is 99.0 cm³/mol. The molecule has 1 aliphatic carbocycles. The van der Waals surface area contributed by atoms with Gasteiger partial charge in [0, 0.05) is 19.0 Å². The van der Waals surface area contributed by atoms with E-state index in [4.69, 9.17) is 0 Å². The molecule has 132 valence electrons. The molecule has 3 rings (SSSR count). The van der Waals surface area contributed by atoms with Gasteiger partial charge in [0.2, 0.25) is 5.91 Å². The number of benzene rings is 1. The van der Waals surface area contributed by atoms with Crippen molar-refractivity contribution >= 4 is 5.91 Å². The minimum absolute atomic E-state index is 0.277. The van der Waals surface area contributed by atoms with Gasteiger partial charge < -0.3 is 10.2 Å². The van der Waals surface area contributed by atoms with Gasteiger partial charge in [-0.2, -0.15) is 0 Å². The molecule has 1 aliphatic heterocycles. The van der Waals surface area contributed by atoms with Crippen molar-refractivity contribution in [2.24, 2.45) is 11.8 Å². The number of hydrogen-bond acceptors (Lipinski definition) is 2. The molecular weight excluding hydrogens is 296 g/mol. The lowest BCUT2D eigenvalue weighted by Crippen LogP contribution is -2.42. The van der Waals surface area contributed by atoms with Gasteiger partial charge in [0.1, 0.15) is 0 Å². The van der Waals surface area contributed by atoms with Crippen LogP contribution in [-0.2, 0) is 4.79 Å². The first-order valence-corrected chi connectivity index (χ1v) is 9.76. The van der Waals surface area contributed by atoms with Gasteiger partial charge in [-0.3, -0.25) is 4.79 Å². The van der Waals surface area contributed by atoms with Crippen LogP contribution in [0.5, 0.6) is 0 Å². The molecule has 2 fully saturated rings. The van der Waals surface area contributed by atoms with Gasteiger partial charge in [0.15, 0.2) is 0 Å². The van der Waals surface area contributed by atoms with Crippen molar-refractivity contribution in [2.75, 3.05) is 26.7 Å². The fourth-order valence-electron chi connectivity index (χ4n) is 4.45. The molecular formula is C21H32N2O. The Kier molecular flexibility index (Phi) is 6.30. The van der Waals surface area contributed by atoms with Crippen molar-refractivity contribution in [3.63, 3.8) is 0 Å². The van der Waals surface area contributed by atoms with Crippen LogP contribution < -0.4 is 5.32 Å². The van der Waals surface area contributed by atoms with E-state index in [-0.39, 0.29) is 5.92 Å². The first-order chi connectivity index (χ1) is 11.8. The quantitative estimate of drug-likeness (QED) is 0.891. The van der Waals surface area contributed by atoms with Crippen LogP contribution in [0.2, 0.25) is 0 Å². The molecule has 1 N–H and O–H groups in total. The van der Waals surface area contributed by atoms with Crippen LogP contribution in [0.3, 0.4) is 0 Å². The van der Waals surface area contributed by atoms with Gasteiger partial charge in [-0.1, -0.05) is 30.3 Å². The molecule has 0 aromatic heterocycles. The summed E-state index contributed by atoms with van der Waals surface area (Å²) in [6.07, 6.45) is 8.09. The first kappa shape index (κ1) is 17.5. The highest BCUT2D eigenvalue weighted by Gasteiger charge is 2.31. The number of carbonyl (C=O) groups excluding carboxylic acids is 1. The molecule has 1 heterocycles. The second-order valence-corrected chi connectivity index (χ2v) is 7.62. The van der Waals surface area contributed by atoms with Gasteiger partial charge in [0.05, 0.1) is 0 Å². The number of nitrogens with zero attached hydrogens (tertiary/aromatic N) is 1. The Bertz CT molecular complexity index is 500. The predicted octanol–water partition coefficient (Wildman–Crippen LogP) is 3.81. The lowest BCUT2D eigenvalue weighted by molar-refractivity contribution is -0.138. The SMILES string of the molecule is CNCCC1CCN(C(=O)C2CCC(c3ccccc3)CC2)CC1. The maximum atomic E-state index is 12.8. The van der Waals surface area contributed by atoms with E-state index in [1.165, 1.54) is 37.7 Å². The van der Waals surface area contributed by atoms with E-state index in [9.17, 15) is 4.79 Å². The minimum atomic E-state index is 0.277. The van der Waals surface area contributed by atoms with E-state index in [2.05, 4.69) is 40.5 Å². The van der Waals surface area contributed by atoms with Gasteiger partial charge >= 0.3 is 0 Å². The highest BCUT2D eigenvalue weighted by Crippen LogP contribution is 2.36. The van der Waals surface area contributed by atoms with Gasteiger partial charge in [0.25, 0.3) is 0 Å². The molecule has 0 atom stereocenters. The standard InChI is InChI=1S/C21H32N2O/c1-22-14-11-17-12-15-23(16-13-17)21(24)20-9-7-19(8-10-20)18-5-3-2-4-6-18/h2-6,17,19-20,22H,7-16H2,1H3. The zero-order chi connectivity index (χ0) is 16.8. The Hall–Kier alpha value is -1.35. The summed E-state index contributed by atoms with van der Waals surface area (Å²) in [4.78, 5) is 15.0. The third kappa shape index (κ3) is 4.38. The van der Waals surface area contributed by atoms with Crippen molar-refractivity contribution in [1.29, 1.82) is 0 Å². The third-order valence-electron chi connectivity index (χ3n) is 6.08. The van der Waals surface area contributed by atoms with E-state index < -0.39 is 0 Å². The average Bonchev–Trinajstić information content (AvgIpc) is 2.67. The minimum Gasteiger partial charge on any atom is -0.342 e. The Morgan fingerprint density at radius 1 is 1.04 bits per heavy atom. The van der Waals surface area contributed by atoms with Gasteiger partial charge in [-0.25, -0.2) is 0 Å². The smallest absolute Gasteiger partial charge is 0.225 e. The van der Waals surface area contributed by atoms with E-state index in [1.807, 2.05) is 7.05 Å². The van der Waals surface area contributed by atoms with Crippen LogP contribution in [0.25, 0.3) is 0 Å². The van der Waals surface area contributed by atoms with E-state index in [0.29, 0.717) is 11.8 Å². The summed E-state index contributed by atoms with van der Waals surface area (Å²) >= 11 is 0. The van der Waals surface area contributed by atoms with Gasteiger partial charge in [-0.15, -0.1) is 0 Å². The van der Waals surface area contributed by atoms with Crippen LogP contribution in [0.15, 0.2) is 30.3 Å². The summed E-state index contributed by atoms with van der Waals surface area (Å²) in [6, 6.07) is 10.8. The second-order valence-electron chi connectivity index (χ2n) is 7.62. The van der Waals surface area contributed by atoms with Crippen molar-refractivity contribution < 1.29 is 4.79 Å². The molecule has 0 bridgehead atoms. The fraction of sp³-hybridized carbons (Fsp3) is 0.667. The normalized spacial score (nSPS) is 25.6. The monoisotopic (exact) mass is 328 g/mol. The number of piperidine rings is 1. The van der Waals surface area contributed by atoms with Crippen molar-refractivity contribution in [3.8, 4) is 0 Å². The van der Waals surface area contributed by atoms with Crippen LogP contribution in [0, 0.1) is 11.8 Å². The van der Waals surface area contributed by atoms with Crippen LogP contribution >= 0.6 is 0 Å². The van der Waals surface area contributed by atoms with E-state index in [1.54, 1.807) is 0 Å². The Morgan fingerprint density at radius 2 is 1.71 bits per heavy atom. The van der Waals surface area contributed by atoms with Crippen LogP contribution in [-0.4, -0.2) is 37.5 Å². The lowest BCUT2D eigenvalue weighted by Gasteiger charge is -2.36. The maximum Gasteiger partial charge on any atom is 0.225 e. The van der Waals surface area contributed by atoms with Crippen molar-refractivity contribution in [1.82, 2.24) is 10.2 Å². The number of amides is 1. The molecule has 0 spiro atoms. The Labute approximate surface area is 146 Å². The zero-order valence-corrected chi connectivity index (χ0v) is 15.0. The molecule has 1 saturated heterocycles. The van der Waals surface area contributed by atoms with Gasteiger partial charge in [-0.05, 0) is 75.9 Å². The maximum absolute atomic E-state index is 12.8.